The first-order valence-corrected chi connectivity index (χ1v) is 5.41. The number of para-hydroxylation sites is 1. The Labute approximate surface area is 101 Å². The Hall–Kier alpha value is -1.99. The lowest BCUT2D eigenvalue weighted by molar-refractivity contribution is -0.120. The van der Waals surface area contributed by atoms with Crippen molar-refractivity contribution in [3.63, 3.8) is 0 Å². The molecule has 4 heteroatoms. The topological polar surface area (TPSA) is 50.4 Å². The Kier molecular flexibility index (Phi) is 6.30. The monoisotopic (exact) mass is 232 g/mol. The summed E-state index contributed by atoms with van der Waals surface area (Å²) in [6.07, 6.45) is 5.04. The SMILES string of the molecule is C#CCNCC(=O)NCCOc1ccccc1. The van der Waals surface area contributed by atoms with Crippen molar-refractivity contribution in [2.45, 2.75) is 0 Å². The average molecular weight is 232 g/mol. The fraction of sp³-hybridized carbons (Fsp3) is 0.308. The van der Waals surface area contributed by atoms with Gasteiger partial charge in [0.2, 0.25) is 5.91 Å². The minimum absolute atomic E-state index is 0.0862. The van der Waals surface area contributed by atoms with Gasteiger partial charge in [0.25, 0.3) is 0 Å². The number of ether oxygens (including phenoxy) is 1. The third-order valence-corrected chi connectivity index (χ3v) is 1.95. The van der Waals surface area contributed by atoms with Gasteiger partial charge in [0.05, 0.1) is 19.6 Å². The van der Waals surface area contributed by atoms with E-state index in [9.17, 15) is 4.79 Å². The lowest BCUT2D eigenvalue weighted by atomic mass is 10.3. The summed E-state index contributed by atoms with van der Waals surface area (Å²) in [5.74, 6) is 3.11. The number of hydrogen-bond acceptors (Lipinski definition) is 3. The van der Waals surface area contributed by atoms with Crippen LogP contribution in [0.15, 0.2) is 30.3 Å². The standard InChI is InChI=1S/C13H16N2O2/c1-2-8-14-11-13(16)15-9-10-17-12-6-4-3-5-7-12/h1,3-7,14H,8-11H2,(H,15,16). The molecule has 0 unspecified atom stereocenters. The summed E-state index contributed by atoms with van der Waals surface area (Å²) in [6, 6.07) is 9.47. The van der Waals surface area contributed by atoms with Crippen LogP contribution in [0.3, 0.4) is 0 Å². The number of nitrogens with one attached hydrogen (secondary N) is 2. The Bertz CT molecular complexity index is 371. The van der Waals surface area contributed by atoms with Gasteiger partial charge >= 0.3 is 0 Å². The van der Waals surface area contributed by atoms with Gasteiger partial charge in [0.1, 0.15) is 12.4 Å². The first kappa shape index (κ1) is 13.1. The van der Waals surface area contributed by atoms with Gasteiger partial charge < -0.3 is 10.1 Å². The zero-order valence-corrected chi connectivity index (χ0v) is 9.61. The quantitative estimate of drug-likeness (QED) is 0.528. The highest BCUT2D eigenvalue weighted by Crippen LogP contribution is 2.07. The highest BCUT2D eigenvalue weighted by Gasteiger charge is 1.98. The Morgan fingerprint density at radius 2 is 2.12 bits per heavy atom. The molecule has 0 saturated heterocycles. The van der Waals surface area contributed by atoms with E-state index in [0.29, 0.717) is 19.7 Å². The van der Waals surface area contributed by atoms with Crippen molar-refractivity contribution in [2.24, 2.45) is 0 Å². The Morgan fingerprint density at radius 1 is 1.35 bits per heavy atom. The molecule has 0 aliphatic heterocycles. The summed E-state index contributed by atoms with van der Waals surface area (Å²) in [7, 11) is 0. The predicted molar refractivity (Wildman–Crippen MR) is 66.6 cm³/mol. The summed E-state index contributed by atoms with van der Waals surface area (Å²) in [4.78, 5) is 11.2. The van der Waals surface area contributed by atoms with Crippen LogP contribution in [0, 0.1) is 12.3 Å². The molecule has 0 aliphatic rings. The maximum absolute atomic E-state index is 11.2. The molecule has 0 aliphatic carbocycles. The minimum atomic E-state index is -0.0862. The molecule has 0 fully saturated rings. The molecule has 0 aromatic heterocycles. The van der Waals surface area contributed by atoms with E-state index in [-0.39, 0.29) is 12.5 Å². The van der Waals surface area contributed by atoms with Crippen molar-refractivity contribution in [1.29, 1.82) is 0 Å². The van der Waals surface area contributed by atoms with E-state index in [0.717, 1.165) is 5.75 Å². The molecule has 0 heterocycles. The maximum atomic E-state index is 11.2. The lowest BCUT2D eigenvalue weighted by Gasteiger charge is -2.07. The predicted octanol–water partition coefficient (Wildman–Crippen LogP) is 0.404. The van der Waals surface area contributed by atoms with E-state index in [1.807, 2.05) is 30.3 Å². The third kappa shape index (κ3) is 6.23. The molecule has 0 radical (unpaired) electrons. The van der Waals surface area contributed by atoms with Gasteiger partial charge in [-0.05, 0) is 12.1 Å². The highest BCUT2D eigenvalue weighted by atomic mass is 16.5. The Balaban J connectivity index is 2.04. The maximum Gasteiger partial charge on any atom is 0.234 e. The molecule has 1 rings (SSSR count). The van der Waals surface area contributed by atoms with Crippen LogP contribution < -0.4 is 15.4 Å². The van der Waals surface area contributed by atoms with Gasteiger partial charge in [0, 0.05) is 0 Å². The number of rotatable bonds is 7. The summed E-state index contributed by atoms with van der Waals surface area (Å²) < 4.78 is 5.41. The molecule has 17 heavy (non-hydrogen) atoms. The number of carbonyl (C=O) groups is 1. The van der Waals surface area contributed by atoms with Gasteiger partial charge in [-0.2, -0.15) is 0 Å². The van der Waals surface area contributed by atoms with Crippen LogP contribution in [0.25, 0.3) is 0 Å². The summed E-state index contributed by atoms with van der Waals surface area (Å²) in [6.45, 7) is 1.56. The van der Waals surface area contributed by atoms with Crippen LogP contribution in [-0.4, -0.2) is 32.1 Å². The molecule has 0 atom stereocenters. The smallest absolute Gasteiger partial charge is 0.234 e. The highest BCUT2D eigenvalue weighted by molar-refractivity contribution is 5.77. The van der Waals surface area contributed by atoms with Crippen molar-refractivity contribution in [3.05, 3.63) is 30.3 Å². The molecular weight excluding hydrogens is 216 g/mol. The first-order chi connectivity index (χ1) is 8.33. The van der Waals surface area contributed by atoms with E-state index >= 15 is 0 Å². The summed E-state index contributed by atoms with van der Waals surface area (Å²) in [5, 5.41) is 5.52. The van der Waals surface area contributed by atoms with Crippen LogP contribution >= 0.6 is 0 Å². The number of benzene rings is 1. The van der Waals surface area contributed by atoms with E-state index in [1.165, 1.54) is 0 Å². The number of carbonyl (C=O) groups excluding carboxylic acids is 1. The lowest BCUT2D eigenvalue weighted by Crippen LogP contribution is -2.36. The van der Waals surface area contributed by atoms with Crippen LogP contribution in [0.2, 0.25) is 0 Å². The second-order valence-corrected chi connectivity index (χ2v) is 3.32. The van der Waals surface area contributed by atoms with Gasteiger partial charge in [-0.15, -0.1) is 6.42 Å². The number of terminal acetylenes is 1. The average Bonchev–Trinajstić information content (AvgIpc) is 2.36. The van der Waals surface area contributed by atoms with Crippen molar-refractivity contribution in [2.75, 3.05) is 26.2 Å². The summed E-state index contributed by atoms with van der Waals surface area (Å²) >= 11 is 0. The molecule has 1 aromatic rings. The van der Waals surface area contributed by atoms with Gasteiger partial charge in [-0.25, -0.2) is 0 Å². The van der Waals surface area contributed by atoms with Crippen molar-refractivity contribution in [3.8, 4) is 18.1 Å². The van der Waals surface area contributed by atoms with Gasteiger partial charge in [-0.3, -0.25) is 10.1 Å². The Morgan fingerprint density at radius 3 is 2.82 bits per heavy atom. The minimum Gasteiger partial charge on any atom is -0.492 e. The van der Waals surface area contributed by atoms with E-state index < -0.39 is 0 Å². The van der Waals surface area contributed by atoms with Crippen molar-refractivity contribution >= 4 is 5.91 Å². The van der Waals surface area contributed by atoms with Crippen LogP contribution in [0.5, 0.6) is 5.75 Å². The van der Waals surface area contributed by atoms with Crippen LogP contribution in [0.4, 0.5) is 0 Å². The third-order valence-electron chi connectivity index (χ3n) is 1.95. The summed E-state index contributed by atoms with van der Waals surface area (Å²) in [5.41, 5.74) is 0. The van der Waals surface area contributed by atoms with Crippen molar-refractivity contribution in [1.82, 2.24) is 10.6 Å². The molecule has 0 bridgehead atoms. The number of amides is 1. The molecule has 1 amide bonds. The van der Waals surface area contributed by atoms with Gasteiger partial charge in [0.15, 0.2) is 0 Å². The molecule has 90 valence electrons. The van der Waals surface area contributed by atoms with Crippen LogP contribution in [-0.2, 0) is 4.79 Å². The fourth-order valence-corrected chi connectivity index (χ4v) is 1.19. The first-order valence-electron chi connectivity index (χ1n) is 5.41. The molecule has 2 N–H and O–H groups in total. The molecule has 4 nitrogen and oxygen atoms in total. The molecule has 0 spiro atoms. The number of hydrogen-bond donors (Lipinski definition) is 2. The second kappa shape index (κ2) is 8.20. The van der Waals surface area contributed by atoms with Crippen LogP contribution in [0.1, 0.15) is 0 Å². The normalized spacial score (nSPS) is 9.35. The van der Waals surface area contributed by atoms with Gasteiger partial charge in [-0.1, -0.05) is 24.1 Å². The van der Waals surface area contributed by atoms with E-state index in [2.05, 4.69) is 16.6 Å². The van der Waals surface area contributed by atoms with Crippen molar-refractivity contribution < 1.29 is 9.53 Å². The largest absolute Gasteiger partial charge is 0.492 e. The zero-order chi connectivity index (χ0) is 12.3. The molecule has 1 aromatic carbocycles. The van der Waals surface area contributed by atoms with E-state index in [4.69, 9.17) is 11.2 Å². The fourth-order valence-electron chi connectivity index (χ4n) is 1.19. The second-order valence-electron chi connectivity index (χ2n) is 3.32. The molecular formula is C13H16N2O2. The van der Waals surface area contributed by atoms with E-state index in [1.54, 1.807) is 0 Å². The molecule has 0 saturated carbocycles. The zero-order valence-electron chi connectivity index (χ0n) is 9.61.